The van der Waals surface area contributed by atoms with Gasteiger partial charge in [-0.05, 0) is 67.1 Å². The third-order valence-electron chi connectivity index (χ3n) is 4.29. The second kappa shape index (κ2) is 11.0. The number of esters is 1. The van der Waals surface area contributed by atoms with Crippen molar-refractivity contribution in [3.8, 4) is 17.2 Å². The Labute approximate surface area is 190 Å². The van der Waals surface area contributed by atoms with Crippen LogP contribution in [-0.4, -0.2) is 31.8 Å². The Kier molecular flexibility index (Phi) is 7.83. The number of nitrogens with zero attached hydrogens (tertiary/aromatic N) is 1. The van der Waals surface area contributed by atoms with Crippen LogP contribution in [0.25, 0.3) is 0 Å². The first kappa shape index (κ1) is 22.8. The van der Waals surface area contributed by atoms with Crippen LogP contribution in [-0.2, 0) is 0 Å². The van der Waals surface area contributed by atoms with Gasteiger partial charge in [-0.25, -0.2) is 10.2 Å². The lowest BCUT2D eigenvalue weighted by Gasteiger charge is -2.11. The molecule has 0 bridgehead atoms. The van der Waals surface area contributed by atoms with Crippen molar-refractivity contribution >= 4 is 29.7 Å². The number of hydrogen-bond donors (Lipinski definition) is 1. The second-order valence-electron chi connectivity index (χ2n) is 6.44. The lowest BCUT2D eigenvalue weighted by molar-refractivity contribution is 0.0728. The summed E-state index contributed by atoms with van der Waals surface area (Å²) in [5, 5.41) is 4.29. The van der Waals surface area contributed by atoms with Crippen LogP contribution in [0.4, 0.5) is 0 Å². The molecule has 8 heteroatoms. The highest BCUT2D eigenvalue weighted by Gasteiger charge is 2.14. The van der Waals surface area contributed by atoms with Gasteiger partial charge in [0.05, 0.1) is 36.1 Å². The molecule has 0 atom stereocenters. The molecule has 0 saturated carbocycles. The first-order chi connectivity index (χ1) is 15.5. The number of carbonyl (C=O) groups is 2. The molecule has 0 aliphatic rings. The highest BCUT2D eigenvalue weighted by molar-refractivity contribution is 6.33. The SMILES string of the molecule is CCOc1cc(/C=N/NC(=O)c2ccccc2Cl)ccc1OC(=O)c1ccc(OC)cc1. The van der Waals surface area contributed by atoms with E-state index in [9.17, 15) is 9.59 Å². The fourth-order valence-electron chi connectivity index (χ4n) is 2.71. The monoisotopic (exact) mass is 452 g/mol. The number of benzene rings is 3. The van der Waals surface area contributed by atoms with Crippen LogP contribution in [0.5, 0.6) is 17.2 Å². The van der Waals surface area contributed by atoms with Crippen molar-refractivity contribution in [1.29, 1.82) is 0 Å². The van der Waals surface area contributed by atoms with Crippen molar-refractivity contribution in [2.24, 2.45) is 5.10 Å². The van der Waals surface area contributed by atoms with Crippen molar-refractivity contribution in [3.05, 3.63) is 88.4 Å². The summed E-state index contributed by atoms with van der Waals surface area (Å²) in [4.78, 5) is 24.6. The van der Waals surface area contributed by atoms with E-state index in [1.54, 1.807) is 73.8 Å². The summed E-state index contributed by atoms with van der Waals surface area (Å²) in [6.45, 7) is 2.19. The smallest absolute Gasteiger partial charge is 0.343 e. The Bertz CT molecular complexity index is 1130. The van der Waals surface area contributed by atoms with Gasteiger partial charge in [-0.2, -0.15) is 5.10 Å². The van der Waals surface area contributed by atoms with E-state index in [4.69, 9.17) is 25.8 Å². The predicted octanol–water partition coefficient (Wildman–Crippen LogP) is 4.73. The summed E-state index contributed by atoms with van der Waals surface area (Å²) < 4.78 is 16.2. The molecule has 0 heterocycles. The molecular formula is C24H21ClN2O5. The van der Waals surface area contributed by atoms with E-state index in [-0.39, 0.29) is 5.75 Å². The van der Waals surface area contributed by atoms with Gasteiger partial charge in [0, 0.05) is 0 Å². The Morgan fingerprint density at radius 2 is 1.78 bits per heavy atom. The molecule has 7 nitrogen and oxygen atoms in total. The minimum atomic E-state index is -0.526. The van der Waals surface area contributed by atoms with Crippen LogP contribution in [0, 0.1) is 0 Å². The van der Waals surface area contributed by atoms with Crippen molar-refractivity contribution in [1.82, 2.24) is 5.43 Å². The summed E-state index contributed by atoms with van der Waals surface area (Å²) in [6.07, 6.45) is 1.45. The molecule has 0 aliphatic heterocycles. The van der Waals surface area contributed by atoms with Gasteiger partial charge in [-0.1, -0.05) is 23.7 Å². The minimum Gasteiger partial charge on any atom is -0.497 e. The van der Waals surface area contributed by atoms with Crippen LogP contribution in [0.1, 0.15) is 33.2 Å². The lowest BCUT2D eigenvalue weighted by atomic mass is 10.2. The molecule has 0 aromatic heterocycles. The number of nitrogens with one attached hydrogen (secondary N) is 1. The standard InChI is InChI=1S/C24H21ClN2O5/c1-3-31-22-14-16(15-26-27-23(28)19-6-4-5-7-20(19)25)8-13-21(22)32-24(29)17-9-11-18(30-2)12-10-17/h4-15H,3H2,1-2H3,(H,27,28)/b26-15+. The Hall–Kier alpha value is -3.84. The summed E-state index contributed by atoms with van der Waals surface area (Å²) in [7, 11) is 1.55. The van der Waals surface area contributed by atoms with E-state index in [1.807, 2.05) is 6.92 Å². The molecule has 0 saturated heterocycles. The van der Waals surface area contributed by atoms with Gasteiger partial charge in [0.2, 0.25) is 0 Å². The zero-order valence-corrected chi connectivity index (χ0v) is 18.3. The Morgan fingerprint density at radius 1 is 1.03 bits per heavy atom. The average molecular weight is 453 g/mol. The van der Waals surface area contributed by atoms with Gasteiger partial charge < -0.3 is 14.2 Å². The van der Waals surface area contributed by atoms with Crippen LogP contribution in [0.3, 0.4) is 0 Å². The first-order valence-electron chi connectivity index (χ1n) is 9.72. The largest absolute Gasteiger partial charge is 0.497 e. The van der Waals surface area contributed by atoms with Crippen LogP contribution >= 0.6 is 11.6 Å². The average Bonchev–Trinajstić information content (AvgIpc) is 2.81. The Morgan fingerprint density at radius 3 is 2.47 bits per heavy atom. The third-order valence-corrected chi connectivity index (χ3v) is 4.62. The summed E-state index contributed by atoms with van der Waals surface area (Å²) >= 11 is 6.01. The minimum absolute atomic E-state index is 0.268. The zero-order valence-electron chi connectivity index (χ0n) is 17.5. The molecule has 0 radical (unpaired) electrons. The maximum atomic E-state index is 12.5. The van der Waals surface area contributed by atoms with Crippen LogP contribution in [0.2, 0.25) is 5.02 Å². The van der Waals surface area contributed by atoms with E-state index in [0.29, 0.717) is 39.8 Å². The quantitative estimate of drug-likeness (QED) is 0.231. The van der Waals surface area contributed by atoms with Gasteiger partial charge in [0.25, 0.3) is 5.91 Å². The van der Waals surface area contributed by atoms with E-state index < -0.39 is 11.9 Å². The van der Waals surface area contributed by atoms with Crippen molar-refractivity contribution in [2.75, 3.05) is 13.7 Å². The summed E-state index contributed by atoms with van der Waals surface area (Å²) in [5.74, 6) is 0.325. The first-order valence-corrected chi connectivity index (χ1v) is 10.1. The molecule has 0 aliphatic carbocycles. The van der Waals surface area contributed by atoms with Gasteiger partial charge >= 0.3 is 5.97 Å². The molecular weight excluding hydrogens is 432 g/mol. The second-order valence-corrected chi connectivity index (χ2v) is 6.84. The van der Waals surface area contributed by atoms with Crippen LogP contribution < -0.4 is 19.6 Å². The third kappa shape index (κ3) is 5.86. The zero-order chi connectivity index (χ0) is 22.9. The van der Waals surface area contributed by atoms with Gasteiger partial charge in [0.1, 0.15) is 5.75 Å². The van der Waals surface area contributed by atoms with E-state index >= 15 is 0 Å². The van der Waals surface area contributed by atoms with Gasteiger partial charge in [-0.15, -0.1) is 0 Å². The molecule has 0 spiro atoms. The molecule has 0 fully saturated rings. The molecule has 3 aromatic rings. The molecule has 3 aromatic carbocycles. The van der Waals surface area contributed by atoms with Crippen molar-refractivity contribution in [2.45, 2.75) is 6.92 Å². The number of amides is 1. The number of rotatable bonds is 8. The Balaban J connectivity index is 1.70. The summed E-state index contributed by atoms with van der Waals surface area (Å²) in [5.41, 5.74) is 3.76. The van der Waals surface area contributed by atoms with Crippen molar-refractivity contribution in [3.63, 3.8) is 0 Å². The number of methoxy groups -OCH3 is 1. The molecule has 1 N–H and O–H groups in total. The lowest BCUT2D eigenvalue weighted by Crippen LogP contribution is -2.17. The van der Waals surface area contributed by atoms with E-state index in [0.717, 1.165) is 0 Å². The maximum Gasteiger partial charge on any atom is 0.343 e. The fourth-order valence-corrected chi connectivity index (χ4v) is 2.94. The molecule has 164 valence electrons. The predicted molar refractivity (Wildman–Crippen MR) is 122 cm³/mol. The van der Waals surface area contributed by atoms with E-state index in [2.05, 4.69) is 10.5 Å². The highest BCUT2D eigenvalue weighted by atomic mass is 35.5. The van der Waals surface area contributed by atoms with Crippen molar-refractivity contribution < 1.29 is 23.8 Å². The molecule has 32 heavy (non-hydrogen) atoms. The highest BCUT2D eigenvalue weighted by Crippen LogP contribution is 2.29. The fraction of sp³-hybridized carbons (Fsp3) is 0.125. The number of halogens is 1. The number of carbonyl (C=O) groups excluding carboxylic acids is 2. The molecule has 1 amide bonds. The van der Waals surface area contributed by atoms with E-state index in [1.165, 1.54) is 6.21 Å². The topological polar surface area (TPSA) is 86.2 Å². The normalized spacial score (nSPS) is 10.6. The number of ether oxygens (including phenoxy) is 3. The van der Waals surface area contributed by atoms with Gasteiger partial charge in [-0.3, -0.25) is 4.79 Å². The van der Waals surface area contributed by atoms with Gasteiger partial charge in [0.15, 0.2) is 11.5 Å². The number of hydrogen-bond acceptors (Lipinski definition) is 6. The van der Waals surface area contributed by atoms with Crippen LogP contribution in [0.15, 0.2) is 71.8 Å². The summed E-state index contributed by atoms with van der Waals surface area (Å²) in [6, 6.07) is 18.2. The molecule has 0 unspecified atom stereocenters. The number of hydrazone groups is 1. The molecule has 3 rings (SSSR count). The maximum absolute atomic E-state index is 12.5.